The molecule has 25 heavy (non-hydrogen) atoms. The first kappa shape index (κ1) is 20.2. The third-order valence-corrected chi connectivity index (χ3v) is 2.93. The van der Waals surface area contributed by atoms with Crippen molar-refractivity contribution in [2.45, 2.75) is 26.4 Å². The topological polar surface area (TPSA) is 35.5 Å². The van der Waals surface area contributed by atoms with E-state index in [-0.39, 0.29) is 12.6 Å². The molecule has 0 spiro atoms. The predicted molar refractivity (Wildman–Crippen MR) is 104 cm³/mol. The van der Waals surface area contributed by atoms with Gasteiger partial charge in [-0.3, -0.25) is 0 Å². The molecule has 0 radical (unpaired) electrons. The average molecular weight is 338 g/mol. The molecule has 2 aromatic carbocycles. The molecule has 0 fully saturated rings. The second kappa shape index (κ2) is 10.1. The van der Waals surface area contributed by atoms with Crippen LogP contribution >= 0.6 is 0 Å². The summed E-state index contributed by atoms with van der Waals surface area (Å²) in [6, 6.07) is 17.4. The number of hydrogen-bond donors (Lipinski definition) is 0. The average Bonchev–Trinajstić information content (AvgIpc) is 2.60. The monoisotopic (exact) mass is 338 g/mol. The molecule has 0 aliphatic carbocycles. The number of esters is 1. The SMILES string of the molecule is C=Cc1ccc(OCC(=O)OC(C)(C)C)cc1.C=Cc1ccccc1. The lowest BCUT2D eigenvalue weighted by Gasteiger charge is -2.19. The van der Waals surface area contributed by atoms with Gasteiger partial charge in [0.25, 0.3) is 0 Å². The molecule has 0 aliphatic heterocycles. The van der Waals surface area contributed by atoms with E-state index < -0.39 is 5.60 Å². The molecule has 132 valence electrons. The van der Waals surface area contributed by atoms with E-state index in [0.717, 1.165) is 5.56 Å². The maximum Gasteiger partial charge on any atom is 0.344 e. The summed E-state index contributed by atoms with van der Waals surface area (Å²) >= 11 is 0. The van der Waals surface area contributed by atoms with Crippen LogP contribution in [0.1, 0.15) is 31.9 Å². The van der Waals surface area contributed by atoms with Crippen molar-refractivity contribution < 1.29 is 14.3 Å². The minimum atomic E-state index is -0.479. The smallest absolute Gasteiger partial charge is 0.344 e. The van der Waals surface area contributed by atoms with Gasteiger partial charge in [0.15, 0.2) is 6.61 Å². The molecule has 0 saturated carbocycles. The highest BCUT2D eigenvalue weighted by molar-refractivity contribution is 5.71. The van der Waals surface area contributed by atoms with Gasteiger partial charge in [-0.1, -0.05) is 67.8 Å². The van der Waals surface area contributed by atoms with Crippen molar-refractivity contribution in [3.63, 3.8) is 0 Å². The first-order valence-electron chi connectivity index (χ1n) is 8.08. The number of carbonyl (C=O) groups excluding carboxylic acids is 1. The number of benzene rings is 2. The van der Waals surface area contributed by atoms with E-state index in [1.807, 2.05) is 69.3 Å². The Labute approximate surface area is 150 Å². The van der Waals surface area contributed by atoms with Crippen molar-refractivity contribution in [2.24, 2.45) is 0 Å². The van der Waals surface area contributed by atoms with Crippen LogP contribution in [0.3, 0.4) is 0 Å². The zero-order valence-electron chi connectivity index (χ0n) is 15.2. The summed E-state index contributed by atoms with van der Waals surface area (Å²) in [6.45, 7) is 12.7. The molecule has 0 unspecified atom stereocenters. The quantitative estimate of drug-likeness (QED) is 0.687. The van der Waals surface area contributed by atoms with Crippen LogP contribution in [0.2, 0.25) is 0 Å². The minimum absolute atomic E-state index is 0.0787. The normalized spacial score (nSPS) is 10.0. The van der Waals surface area contributed by atoms with Crippen LogP contribution in [-0.4, -0.2) is 18.2 Å². The molecule has 2 aromatic rings. The molecule has 0 atom stereocenters. The van der Waals surface area contributed by atoms with E-state index in [4.69, 9.17) is 9.47 Å². The summed E-state index contributed by atoms with van der Waals surface area (Å²) in [6.07, 6.45) is 3.58. The summed E-state index contributed by atoms with van der Waals surface area (Å²) in [5, 5.41) is 0. The van der Waals surface area contributed by atoms with Crippen LogP contribution in [0.5, 0.6) is 5.75 Å². The van der Waals surface area contributed by atoms with Crippen LogP contribution in [0, 0.1) is 0 Å². The third-order valence-electron chi connectivity index (χ3n) is 2.93. The number of carbonyl (C=O) groups is 1. The summed E-state index contributed by atoms with van der Waals surface area (Å²) < 4.78 is 10.4. The maximum atomic E-state index is 11.4. The standard InChI is InChI=1S/C14H18O3.C8H8/c1-5-11-6-8-12(9-7-11)16-10-13(15)17-14(2,3)4;1-2-8-6-4-3-5-7-8/h5-9H,1,10H2,2-4H3;2-7H,1H2. The van der Waals surface area contributed by atoms with Crippen molar-refractivity contribution in [1.82, 2.24) is 0 Å². The van der Waals surface area contributed by atoms with Gasteiger partial charge in [0.2, 0.25) is 0 Å². The zero-order valence-corrected chi connectivity index (χ0v) is 15.2. The van der Waals surface area contributed by atoms with Crippen molar-refractivity contribution in [1.29, 1.82) is 0 Å². The molecule has 2 rings (SSSR count). The maximum absolute atomic E-state index is 11.4. The molecular formula is C22H26O3. The molecule has 0 heterocycles. The third kappa shape index (κ3) is 9.16. The zero-order chi connectivity index (χ0) is 18.7. The molecule has 0 bridgehead atoms. The first-order chi connectivity index (χ1) is 11.8. The van der Waals surface area contributed by atoms with Crippen LogP contribution in [0.15, 0.2) is 67.8 Å². The summed E-state index contributed by atoms with van der Waals surface area (Å²) in [5.41, 5.74) is 1.70. The summed E-state index contributed by atoms with van der Waals surface area (Å²) in [4.78, 5) is 11.4. The van der Waals surface area contributed by atoms with E-state index in [9.17, 15) is 4.79 Å². The van der Waals surface area contributed by atoms with Gasteiger partial charge in [0.05, 0.1) is 0 Å². The highest BCUT2D eigenvalue weighted by Gasteiger charge is 2.16. The molecule has 3 heteroatoms. The van der Waals surface area contributed by atoms with Crippen molar-refractivity contribution in [3.8, 4) is 5.75 Å². The summed E-state index contributed by atoms with van der Waals surface area (Å²) in [5.74, 6) is 0.270. The number of ether oxygens (including phenoxy) is 2. The highest BCUT2D eigenvalue weighted by Crippen LogP contribution is 2.13. The Balaban J connectivity index is 0.000000324. The number of rotatable bonds is 5. The molecule has 0 aliphatic rings. The Bertz CT molecular complexity index is 665. The largest absolute Gasteiger partial charge is 0.482 e. The minimum Gasteiger partial charge on any atom is -0.482 e. The van der Waals surface area contributed by atoms with Gasteiger partial charge in [-0.25, -0.2) is 4.79 Å². The Morgan fingerprint density at radius 1 is 0.920 bits per heavy atom. The molecular weight excluding hydrogens is 312 g/mol. The molecule has 0 amide bonds. The Morgan fingerprint density at radius 2 is 1.44 bits per heavy atom. The van der Waals surface area contributed by atoms with Gasteiger partial charge in [-0.2, -0.15) is 0 Å². The van der Waals surface area contributed by atoms with Crippen LogP contribution in [0.25, 0.3) is 12.2 Å². The van der Waals surface area contributed by atoms with E-state index in [1.165, 1.54) is 5.56 Å². The Hall–Kier alpha value is -2.81. The number of hydrogen-bond acceptors (Lipinski definition) is 3. The lowest BCUT2D eigenvalue weighted by molar-refractivity contribution is -0.157. The Kier molecular flexibility index (Phi) is 8.21. The van der Waals surface area contributed by atoms with Gasteiger partial charge in [-0.15, -0.1) is 0 Å². The van der Waals surface area contributed by atoms with Gasteiger partial charge < -0.3 is 9.47 Å². The fraction of sp³-hybridized carbons (Fsp3) is 0.227. The van der Waals surface area contributed by atoms with E-state index in [0.29, 0.717) is 5.75 Å². The van der Waals surface area contributed by atoms with Crippen LogP contribution in [0.4, 0.5) is 0 Å². The summed E-state index contributed by atoms with van der Waals surface area (Å²) in [7, 11) is 0. The second-order valence-electron chi connectivity index (χ2n) is 6.26. The van der Waals surface area contributed by atoms with E-state index in [1.54, 1.807) is 18.2 Å². The van der Waals surface area contributed by atoms with Crippen molar-refractivity contribution >= 4 is 18.1 Å². The lowest BCUT2D eigenvalue weighted by Crippen LogP contribution is -2.27. The van der Waals surface area contributed by atoms with E-state index >= 15 is 0 Å². The molecule has 3 nitrogen and oxygen atoms in total. The van der Waals surface area contributed by atoms with E-state index in [2.05, 4.69) is 13.2 Å². The molecule has 0 saturated heterocycles. The molecule has 0 N–H and O–H groups in total. The van der Waals surface area contributed by atoms with Gasteiger partial charge in [0.1, 0.15) is 11.4 Å². The first-order valence-corrected chi connectivity index (χ1v) is 8.08. The Morgan fingerprint density at radius 3 is 1.88 bits per heavy atom. The molecule has 0 aromatic heterocycles. The van der Waals surface area contributed by atoms with Crippen molar-refractivity contribution in [3.05, 3.63) is 78.9 Å². The fourth-order valence-corrected chi connectivity index (χ4v) is 1.80. The van der Waals surface area contributed by atoms with Gasteiger partial charge >= 0.3 is 5.97 Å². The predicted octanol–water partition coefficient (Wildman–Crippen LogP) is 5.38. The fourth-order valence-electron chi connectivity index (χ4n) is 1.80. The highest BCUT2D eigenvalue weighted by atomic mass is 16.6. The van der Waals surface area contributed by atoms with Crippen LogP contribution in [-0.2, 0) is 9.53 Å². The second-order valence-corrected chi connectivity index (χ2v) is 6.26. The van der Waals surface area contributed by atoms with Gasteiger partial charge in [-0.05, 0) is 44.0 Å². The van der Waals surface area contributed by atoms with Crippen LogP contribution < -0.4 is 4.74 Å². The lowest BCUT2D eigenvalue weighted by atomic mass is 10.2. The van der Waals surface area contributed by atoms with Gasteiger partial charge in [0, 0.05) is 0 Å². The van der Waals surface area contributed by atoms with Crippen molar-refractivity contribution in [2.75, 3.05) is 6.61 Å².